The lowest BCUT2D eigenvalue weighted by molar-refractivity contribution is -0.144. The molecule has 14 nitrogen and oxygen atoms in total. The minimum Gasteiger partial charge on any atom is -0.481 e. The minimum absolute atomic E-state index is 0.0593. The zero-order chi connectivity index (χ0) is 22.8. The summed E-state index contributed by atoms with van der Waals surface area (Å²) in [7, 11) is 0. The maximum atomic E-state index is 12.4. The largest absolute Gasteiger partial charge is 0.481 e. The summed E-state index contributed by atoms with van der Waals surface area (Å²) in [5.74, 6) is -5.58. The molecule has 0 radical (unpaired) electrons. The normalized spacial score (nSPS) is 14.6. The van der Waals surface area contributed by atoms with Crippen molar-refractivity contribution in [3.05, 3.63) is 18.2 Å². The van der Waals surface area contributed by atoms with Crippen LogP contribution in [0.1, 0.15) is 19.0 Å². The molecular weight excluding hydrogens is 404 g/mol. The molecule has 0 bridgehead atoms. The van der Waals surface area contributed by atoms with Crippen molar-refractivity contribution in [1.82, 2.24) is 25.9 Å². The van der Waals surface area contributed by atoms with Gasteiger partial charge < -0.3 is 42.0 Å². The highest BCUT2D eigenvalue weighted by Gasteiger charge is 2.29. The number of aliphatic hydroxyl groups excluding tert-OH is 1. The molecule has 1 rings (SSSR count). The predicted molar refractivity (Wildman–Crippen MR) is 98.7 cm³/mol. The summed E-state index contributed by atoms with van der Waals surface area (Å²) < 4.78 is 0. The summed E-state index contributed by atoms with van der Waals surface area (Å²) in [5, 5.41) is 33.1. The van der Waals surface area contributed by atoms with E-state index in [2.05, 4.69) is 20.6 Å². The second kappa shape index (κ2) is 11.5. The third kappa shape index (κ3) is 7.84. The van der Waals surface area contributed by atoms with E-state index in [0.717, 1.165) is 0 Å². The molecule has 0 saturated carbocycles. The molecule has 0 aliphatic rings. The van der Waals surface area contributed by atoms with E-state index in [9.17, 15) is 24.0 Å². The fourth-order valence-electron chi connectivity index (χ4n) is 2.25. The van der Waals surface area contributed by atoms with E-state index in [-0.39, 0.29) is 6.42 Å². The average molecular weight is 428 g/mol. The zero-order valence-corrected chi connectivity index (χ0v) is 16.0. The first-order valence-corrected chi connectivity index (χ1v) is 8.74. The summed E-state index contributed by atoms with van der Waals surface area (Å²) in [6.07, 6.45) is 2.12. The second-order valence-electron chi connectivity index (χ2n) is 6.36. The molecule has 14 heteroatoms. The van der Waals surface area contributed by atoms with Gasteiger partial charge in [-0.2, -0.15) is 0 Å². The van der Waals surface area contributed by atoms with Gasteiger partial charge in [0, 0.05) is 18.3 Å². The molecule has 30 heavy (non-hydrogen) atoms. The van der Waals surface area contributed by atoms with Gasteiger partial charge in [-0.25, -0.2) is 9.78 Å². The molecule has 1 aromatic rings. The van der Waals surface area contributed by atoms with Gasteiger partial charge in [0.15, 0.2) is 0 Å². The van der Waals surface area contributed by atoms with Crippen LogP contribution in [0.25, 0.3) is 0 Å². The first kappa shape index (κ1) is 24.5. The number of carbonyl (C=O) groups excluding carboxylic acids is 3. The third-order valence-electron chi connectivity index (χ3n) is 3.89. The van der Waals surface area contributed by atoms with Crippen LogP contribution in [0.2, 0.25) is 0 Å². The van der Waals surface area contributed by atoms with Crippen LogP contribution in [0.4, 0.5) is 0 Å². The van der Waals surface area contributed by atoms with Gasteiger partial charge in [-0.3, -0.25) is 19.2 Å². The highest BCUT2D eigenvalue weighted by atomic mass is 16.4. The summed E-state index contributed by atoms with van der Waals surface area (Å²) in [5.41, 5.74) is 6.31. The lowest BCUT2D eigenvalue weighted by Crippen LogP contribution is -2.57. The van der Waals surface area contributed by atoms with Crippen LogP contribution in [0, 0.1) is 0 Å². The first-order chi connectivity index (χ1) is 14.0. The van der Waals surface area contributed by atoms with Gasteiger partial charge >= 0.3 is 11.9 Å². The number of aliphatic carboxylic acids is 2. The summed E-state index contributed by atoms with van der Waals surface area (Å²) in [6.45, 7) is 0.348. The van der Waals surface area contributed by atoms with Crippen LogP contribution >= 0.6 is 0 Å². The van der Waals surface area contributed by atoms with E-state index in [0.29, 0.717) is 5.69 Å². The number of hydrogen-bond donors (Lipinski definition) is 8. The van der Waals surface area contributed by atoms with Crippen LogP contribution in [0.5, 0.6) is 0 Å². The molecule has 0 spiro atoms. The van der Waals surface area contributed by atoms with Crippen molar-refractivity contribution in [1.29, 1.82) is 0 Å². The fourth-order valence-corrected chi connectivity index (χ4v) is 2.25. The Hall–Kier alpha value is -3.52. The summed E-state index contributed by atoms with van der Waals surface area (Å²) in [6, 6.07) is -5.49. The SMILES string of the molecule is CC(NC(=O)C(CC(=O)O)NC(=O)C(N)Cc1cnc[nH]1)C(=O)NC(CO)C(=O)O. The number of nitrogens with two attached hydrogens (primary N) is 1. The number of rotatable bonds is 12. The summed E-state index contributed by atoms with van der Waals surface area (Å²) >= 11 is 0. The molecule has 4 atom stereocenters. The number of nitrogens with zero attached hydrogens (tertiary/aromatic N) is 1. The molecule has 9 N–H and O–H groups in total. The number of amides is 3. The van der Waals surface area contributed by atoms with Crippen molar-refractivity contribution < 1.29 is 39.3 Å². The van der Waals surface area contributed by atoms with Crippen LogP contribution < -0.4 is 21.7 Å². The number of aliphatic hydroxyl groups is 1. The van der Waals surface area contributed by atoms with Crippen LogP contribution in [-0.2, 0) is 30.4 Å². The molecule has 0 fully saturated rings. The number of imidazole rings is 1. The van der Waals surface area contributed by atoms with Gasteiger partial charge in [0.1, 0.15) is 18.1 Å². The summed E-state index contributed by atoms with van der Waals surface area (Å²) in [4.78, 5) is 65.0. The van der Waals surface area contributed by atoms with Crippen molar-refractivity contribution >= 4 is 29.7 Å². The number of aromatic nitrogens is 2. The maximum absolute atomic E-state index is 12.4. The van der Waals surface area contributed by atoms with Gasteiger partial charge in [0.25, 0.3) is 0 Å². The molecule has 1 aromatic heterocycles. The number of carboxylic acids is 2. The Bertz CT molecular complexity index is 768. The Balaban J connectivity index is 2.73. The fraction of sp³-hybridized carbons (Fsp3) is 0.500. The van der Waals surface area contributed by atoms with Gasteiger partial charge in [-0.05, 0) is 6.92 Å². The Kier molecular flexibility index (Phi) is 9.38. The van der Waals surface area contributed by atoms with Crippen molar-refractivity contribution in [2.24, 2.45) is 5.73 Å². The number of carbonyl (C=O) groups is 5. The van der Waals surface area contributed by atoms with E-state index in [1.165, 1.54) is 19.4 Å². The lowest BCUT2D eigenvalue weighted by atomic mass is 10.1. The standard InChI is InChI=1S/C16H24N6O8/c1-7(13(26)22-11(5-23)16(29)30)20-15(28)10(3-12(24)25)21-14(27)9(17)2-8-4-18-6-19-8/h4,6-7,9-11,23H,2-3,5,17H2,1H3,(H,18,19)(H,20,28)(H,21,27)(H,22,26)(H,24,25)(H,29,30). The van der Waals surface area contributed by atoms with E-state index < -0.39 is 66.9 Å². The highest BCUT2D eigenvalue weighted by Crippen LogP contribution is 2.00. The van der Waals surface area contributed by atoms with E-state index in [4.69, 9.17) is 21.1 Å². The van der Waals surface area contributed by atoms with Crippen molar-refractivity contribution in [2.75, 3.05) is 6.61 Å². The van der Waals surface area contributed by atoms with Crippen molar-refractivity contribution in [3.8, 4) is 0 Å². The predicted octanol–water partition coefficient (Wildman–Crippen LogP) is -3.69. The Morgan fingerprint density at radius 2 is 1.70 bits per heavy atom. The number of nitrogens with one attached hydrogen (secondary N) is 4. The molecule has 4 unspecified atom stereocenters. The van der Waals surface area contributed by atoms with Crippen LogP contribution in [0.15, 0.2) is 12.5 Å². The second-order valence-corrected chi connectivity index (χ2v) is 6.36. The quantitative estimate of drug-likeness (QED) is 0.162. The van der Waals surface area contributed by atoms with Gasteiger partial charge in [-0.15, -0.1) is 0 Å². The topological polar surface area (TPSA) is 237 Å². The smallest absolute Gasteiger partial charge is 0.328 e. The van der Waals surface area contributed by atoms with Gasteiger partial charge in [0.2, 0.25) is 17.7 Å². The van der Waals surface area contributed by atoms with E-state index in [1.807, 2.05) is 5.32 Å². The molecular formula is C16H24N6O8. The third-order valence-corrected chi connectivity index (χ3v) is 3.89. The Morgan fingerprint density at radius 3 is 2.20 bits per heavy atom. The molecule has 1 heterocycles. The average Bonchev–Trinajstić information content (AvgIpc) is 3.17. The highest BCUT2D eigenvalue weighted by molar-refractivity contribution is 5.95. The Morgan fingerprint density at radius 1 is 1.07 bits per heavy atom. The number of hydrogen-bond acceptors (Lipinski definition) is 8. The molecule has 0 aromatic carbocycles. The van der Waals surface area contributed by atoms with Crippen molar-refractivity contribution in [3.63, 3.8) is 0 Å². The monoisotopic (exact) mass is 428 g/mol. The Labute approximate surface area is 170 Å². The van der Waals surface area contributed by atoms with Crippen LogP contribution in [0.3, 0.4) is 0 Å². The number of carboxylic acid groups (broad SMARTS) is 2. The van der Waals surface area contributed by atoms with Gasteiger partial charge in [-0.1, -0.05) is 0 Å². The van der Waals surface area contributed by atoms with E-state index >= 15 is 0 Å². The zero-order valence-electron chi connectivity index (χ0n) is 16.0. The van der Waals surface area contributed by atoms with Crippen LogP contribution in [-0.4, -0.2) is 85.7 Å². The minimum atomic E-state index is -1.58. The maximum Gasteiger partial charge on any atom is 0.328 e. The van der Waals surface area contributed by atoms with E-state index in [1.54, 1.807) is 0 Å². The molecule has 0 saturated heterocycles. The van der Waals surface area contributed by atoms with Crippen molar-refractivity contribution in [2.45, 2.75) is 43.9 Å². The molecule has 0 aliphatic heterocycles. The molecule has 3 amide bonds. The first-order valence-electron chi connectivity index (χ1n) is 8.74. The molecule has 166 valence electrons. The number of aromatic amines is 1. The lowest BCUT2D eigenvalue weighted by Gasteiger charge is -2.22. The molecule has 0 aliphatic carbocycles. The number of H-pyrrole nitrogens is 1. The van der Waals surface area contributed by atoms with Gasteiger partial charge in [0.05, 0.1) is 25.4 Å².